The molecule has 1 aliphatic rings. The van der Waals surface area contributed by atoms with Crippen molar-refractivity contribution in [2.45, 2.75) is 30.0 Å². The van der Waals surface area contributed by atoms with Crippen LogP contribution in [0.3, 0.4) is 0 Å². The average Bonchev–Trinajstić information content (AvgIpc) is 2.68. The molecule has 0 bridgehead atoms. The van der Waals surface area contributed by atoms with E-state index in [0.717, 1.165) is 24.3 Å². The first-order chi connectivity index (χ1) is 13.6. The van der Waals surface area contributed by atoms with Crippen LogP contribution in [0, 0.1) is 5.82 Å². The Morgan fingerprint density at radius 3 is 2.38 bits per heavy atom. The minimum absolute atomic E-state index is 0.0334. The molecule has 6 nitrogen and oxygen atoms in total. The number of hydrogen-bond acceptors (Lipinski definition) is 5. The number of ether oxygens (including phenoxy) is 2. The third kappa shape index (κ3) is 4.78. The highest BCUT2D eigenvalue weighted by Gasteiger charge is 2.33. The molecule has 0 atom stereocenters. The third-order valence-electron chi connectivity index (χ3n) is 4.50. The molecule has 3 rings (SSSR count). The second-order valence-electron chi connectivity index (χ2n) is 6.40. The summed E-state index contributed by atoms with van der Waals surface area (Å²) in [6.07, 6.45) is -3.59. The number of aromatic nitrogens is 1. The molecule has 0 N–H and O–H groups in total. The number of sulfonamides is 1. The molecule has 158 valence electrons. The van der Waals surface area contributed by atoms with Crippen LogP contribution < -0.4 is 9.47 Å². The fourth-order valence-corrected chi connectivity index (χ4v) is 4.61. The van der Waals surface area contributed by atoms with Gasteiger partial charge in [-0.15, -0.1) is 0 Å². The van der Waals surface area contributed by atoms with E-state index in [-0.39, 0.29) is 29.6 Å². The monoisotopic (exact) mass is 434 g/mol. The maximum atomic E-state index is 13.6. The molecular weight excluding hydrogens is 416 g/mol. The van der Waals surface area contributed by atoms with Crippen molar-refractivity contribution in [2.75, 3.05) is 20.2 Å². The molecule has 0 unspecified atom stereocenters. The molecule has 2 heterocycles. The Balaban J connectivity index is 1.65. The maximum absolute atomic E-state index is 13.6. The third-order valence-corrected chi connectivity index (χ3v) is 6.42. The second-order valence-corrected chi connectivity index (χ2v) is 8.31. The van der Waals surface area contributed by atoms with Crippen LogP contribution in [-0.4, -0.2) is 44.0 Å². The number of benzene rings is 1. The number of alkyl halides is 3. The summed E-state index contributed by atoms with van der Waals surface area (Å²) >= 11 is 0. The lowest BCUT2D eigenvalue weighted by Gasteiger charge is -2.31. The summed E-state index contributed by atoms with van der Waals surface area (Å²) < 4.78 is 88.7. The van der Waals surface area contributed by atoms with Crippen LogP contribution in [0.5, 0.6) is 11.6 Å². The van der Waals surface area contributed by atoms with E-state index in [1.165, 1.54) is 17.5 Å². The molecule has 1 aromatic heterocycles. The molecule has 0 spiro atoms. The fraction of sp³-hybridized carbons (Fsp3) is 0.389. The highest BCUT2D eigenvalue weighted by atomic mass is 32.2. The van der Waals surface area contributed by atoms with Crippen LogP contribution in [0.2, 0.25) is 0 Å². The van der Waals surface area contributed by atoms with Crippen molar-refractivity contribution in [2.24, 2.45) is 0 Å². The number of piperidine rings is 1. The molecule has 29 heavy (non-hydrogen) atoms. The highest BCUT2D eigenvalue weighted by molar-refractivity contribution is 7.89. The fourth-order valence-electron chi connectivity index (χ4n) is 2.97. The van der Waals surface area contributed by atoms with E-state index in [1.807, 2.05) is 0 Å². The number of halogens is 4. The smallest absolute Gasteiger partial charge is 0.417 e. The van der Waals surface area contributed by atoms with Gasteiger partial charge in [-0.05, 0) is 37.1 Å². The van der Waals surface area contributed by atoms with E-state index in [4.69, 9.17) is 9.47 Å². The van der Waals surface area contributed by atoms with Crippen LogP contribution in [0.1, 0.15) is 18.4 Å². The number of hydrogen-bond donors (Lipinski definition) is 0. The van der Waals surface area contributed by atoms with E-state index >= 15 is 0 Å². The summed E-state index contributed by atoms with van der Waals surface area (Å²) in [6, 6.07) is 5.26. The Hall–Kier alpha value is -2.40. The lowest BCUT2D eigenvalue weighted by Crippen LogP contribution is -2.41. The van der Waals surface area contributed by atoms with E-state index in [2.05, 4.69) is 4.98 Å². The van der Waals surface area contributed by atoms with E-state index in [1.54, 1.807) is 0 Å². The topological polar surface area (TPSA) is 68.7 Å². The van der Waals surface area contributed by atoms with Crippen LogP contribution >= 0.6 is 0 Å². The van der Waals surface area contributed by atoms with E-state index < -0.39 is 33.7 Å². The number of nitrogens with zero attached hydrogens (tertiary/aromatic N) is 2. The Labute approximate surface area is 165 Å². The van der Waals surface area contributed by atoms with Gasteiger partial charge in [0.05, 0.1) is 12.7 Å². The van der Waals surface area contributed by atoms with Gasteiger partial charge in [-0.1, -0.05) is 0 Å². The van der Waals surface area contributed by atoms with Gasteiger partial charge in [0, 0.05) is 25.4 Å². The van der Waals surface area contributed by atoms with Crippen LogP contribution in [0.25, 0.3) is 0 Å². The zero-order valence-corrected chi connectivity index (χ0v) is 16.1. The van der Waals surface area contributed by atoms with Gasteiger partial charge in [0.1, 0.15) is 22.6 Å². The minimum atomic E-state index is -4.48. The predicted molar refractivity (Wildman–Crippen MR) is 94.6 cm³/mol. The van der Waals surface area contributed by atoms with Crippen molar-refractivity contribution >= 4 is 10.0 Å². The van der Waals surface area contributed by atoms with E-state index in [9.17, 15) is 26.0 Å². The lowest BCUT2D eigenvalue weighted by molar-refractivity contribution is -0.137. The summed E-state index contributed by atoms with van der Waals surface area (Å²) in [7, 11) is -2.68. The van der Waals surface area contributed by atoms with Gasteiger partial charge in [-0.25, -0.2) is 17.8 Å². The van der Waals surface area contributed by atoms with Gasteiger partial charge in [-0.3, -0.25) is 0 Å². The molecule has 0 radical (unpaired) electrons. The first kappa shape index (κ1) is 21.3. The standard InChI is InChI=1S/C18H18F4N2O4S/c1-27-15-4-3-13(19)10-16(15)29(25,26)24-8-6-14(7-9-24)28-17-5-2-12(11-23-17)18(20,21)22/h2-5,10-11,14H,6-9H2,1H3. The van der Waals surface area contributed by atoms with Gasteiger partial charge >= 0.3 is 6.18 Å². The normalized spacial score (nSPS) is 16.6. The van der Waals surface area contributed by atoms with Crippen molar-refractivity contribution in [3.05, 3.63) is 47.9 Å². The molecule has 1 aliphatic heterocycles. The molecule has 11 heteroatoms. The van der Waals surface area contributed by atoms with Crippen molar-refractivity contribution in [1.82, 2.24) is 9.29 Å². The Morgan fingerprint density at radius 1 is 1.14 bits per heavy atom. The molecule has 0 saturated carbocycles. The van der Waals surface area contributed by atoms with E-state index in [0.29, 0.717) is 19.0 Å². The summed E-state index contributed by atoms with van der Waals surface area (Å²) in [5.74, 6) is -0.624. The summed E-state index contributed by atoms with van der Waals surface area (Å²) in [5, 5.41) is 0. The average molecular weight is 434 g/mol. The van der Waals surface area contributed by atoms with Gasteiger partial charge in [0.2, 0.25) is 15.9 Å². The van der Waals surface area contributed by atoms with Crippen LogP contribution in [-0.2, 0) is 16.2 Å². The lowest BCUT2D eigenvalue weighted by atomic mass is 10.1. The molecule has 2 aromatic rings. The Bertz CT molecular complexity index is 957. The summed E-state index contributed by atoms with van der Waals surface area (Å²) in [4.78, 5) is 3.39. The van der Waals surface area contributed by atoms with Crippen molar-refractivity contribution < 1.29 is 35.5 Å². The molecule has 1 saturated heterocycles. The minimum Gasteiger partial charge on any atom is -0.495 e. The quantitative estimate of drug-likeness (QED) is 0.674. The maximum Gasteiger partial charge on any atom is 0.417 e. The molecule has 1 fully saturated rings. The van der Waals surface area contributed by atoms with Crippen molar-refractivity contribution in [3.8, 4) is 11.6 Å². The number of methoxy groups -OCH3 is 1. The first-order valence-electron chi connectivity index (χ1n) is 8.65. The Kier molecular flexibility index (Phi) is 5.99. The van der Waals surface area contributed by atoms with Crippen LogP contribution in [0.15, 0.2) is 41.4 Å². The van der Waals surface area contributed by atoms with Crippen molar-refractivity contribution in [1.29, 1.82) is 0 Å². The number of rotatable bonds is 5. The van der Waals surface area contributed by atoms with Gasteiger partial charge in [-0.2, -0.15) is 17.5 Å². The molecular formula is C18H18F4N2O4S. The molecule has 1 aromatic carbocycles. The largest absolute Gasteiger partial charge is 0.495 e. The van der Waals surface area contributed by atoms with Gasteiger partial charge in [0.25, 0.3) is 0 Å². The van der Waals surface area contributed by atoms with Gasteiger partial charge < -0.3 is 9.47 Å². The van der Waals surface area contributed by atoms with Crippen LogP contribution in [0.4, 0.5) is 17.6 Å². The van der Waals surface area contributed by atoms with Crippen molar-refractivity contribution in [3.63, 3.8) is 0 Å². The second kappa shape index (κ2) is 8.15. The zero-order valence-electron chi connectivity index (χ0n) is 15.3. The van der Waals surface area contributed by atoms with Gasteiger partial charge in [0.15, 0.2) is 0 Å². The number of pyridine rings is 1. The predicted octanol–water partition coefficient (Wildman–Crippen LogP) is 3.48. The Morgan fingerprint density at radius 2 is 1.83 bits per heavy atom. The summed E-state index contributed by atoms with van der Waals surface area (Å²) in [6.45, 7) is 0.209. The highest BCUT2D eigenvalue weighted by Crippen LogP contribution is 2.31. The molecule has 0 amide bonds. The molecule has 0 aliphatic carbocycles. The summed E-state index contributed by atoms with van der Waals surface area (Å²) in [5.41, 5.74) is -0.880. The SMILES string of the molecule is COc1ccc(F)cc1S(=O)(=O)N1CCC(Oc2ccc(C(F)(F)F)cn2)CC1. The first-order valence-corrected chi connectivity index (χ1v) is 10.1. The zero-order chi connectivity index (χ0) is 21.2.